The third kappa shape index (κ3) is 8.67. The lowest BCUT2D eigenvalue weighted by Gasteiger charge is -2.09. The number of unbranched alkanes of at least 4 members (excludes halogenated alkanes) is 2. The molecule has 0 rings (SSSR count). The molecule has 16 heavy (non-hydrogen) atoms. The summed E-state index contributed by atoms with van der Waals surface area (Å²) in [7, 11) is -3.48. The van der Waals surface area contributed by atoms with Crippen LogP contribution in [0, 0.1) is 5.92 Å². The van der Waals surface area contributed by atoms with E-state index in [1.807, 2.05) is 6.92 Å². The second-order valence-corrected chi connectivity index (χ2v) is 5.72. The number of hydrogen-bond acceptors (Lipinski definition) is 4. The van der Waals surface area contributed by atoms with Gasteiger partial charge in [-0.05, 0) is 12.3 Å². The van der Waals surface area contributed by atoms with Gasteiger partial charge < -0.3 is 5.11 Å². The van der Waals surface area contributed by atoms with Crippen molar-refractivity contribution in [1.29, 1.82) is 0 Å². The van der Waals surface area contributed by atoms with E-state index >= 15 is 0 Å². The third-order valence-electron chi connectivity index (χ3n) is 2.05. The van der Waals surface area contributed by atoms with Gasteiger partial charge in [0.1, 0.15) is 0 Å². The molecule has 0 amide bonds. The number of rotatable bonds is 9. The van der Waals surface area contributed by atoms with E-state index in [1.54, 1.807) is 6.92 Å². The Hall–Kier alpha value is -0.620. The van der Waals surface area contributed by atoms with Gasteiger partial charge >= 0.3 is 5.97 Å². The van der Waals surface area contributed by atoms with Crippen LogP contribution in [0.2, 0.25) is 0 Å². The van der Waals surface area contributed by atoms with Crippen LogP contribution < -0.4 is 0 Å². The summed E-state index contributed by atoms with van der Waals surface area (Å²) in [5, 5.41) is 8.48. The molecule has 0 bridgehead atoms. The van der Waals surface area contributed by atoms with Gasteiger partial charge in [-0.2, -0.15) is 8.42 Å². The van der Waals surface area contributed by atoms with Gasteiger partial charge in [0.25, 0.3) is 10.1 Å². The Morgan fingerprint density at radius 3 is 2.50 bits per heavy atom. The molecule has 0 heterocycles. The summed E-state index contributed by atoms with van der Waals surface area (Å²) >= 11 is 0. The van der Waals surface area contributed by atoms with Crippen LogP contribution in [0.1, 0.15) is 39.5 Å². The fourth-order valence-electron chi connectivity index (χ4n) is 1.16. The van der Waals surface area contributed by atoms with Crippen molar-refractivity contribution in [3.8, 4) is 0 Å². The first-order valence-corrected chi connectivity index (χ1v) is 7.04. The third-order valence-corrected chi connectivity index (χ3v) is 3.34. The fourth-order valence-corrected chi connectivity index (χ4v) is 2.28. The first kappa shape index (κ1) is 15.4. The molecule has 1 N–H and O–H groups in total. The standard InChI is InChI=1S/C10H20O5S/c1-3-4-5-6-16(13,14)15-8-9(2)7-10(11)12/h9H,3-8H2,1-2H3,(H,11,12)/t9-/m1/s1. The Balaban J connectivity index is 3.85. The molecule has 0 aromatic heterocycles. The van der Waals surface area contributed by atoms with Crippen molar-refractivity contribution in [2.75, 3.05) is 12.4 Å². The van der Waals surface area contributed by atoms with E-state index in [0.29, 0.717) is 6.42 Å². The summed E-state index contributed by atoms with van der Waals surface area (Å²) in [5.74, 6) is -1.22. The quantitative estimate of drug-likeness (QED) is 0.498. The second-order valence-electron chi connectivity index (χ2n) is 3.96. The monoisotopic (exact) mass is 252 g/mol. The Bertz CT molecular complexity index is 296. The van der Waals surface area contributed by atoms with Crippen molar-refractivity contribution in [3.63, 3.8) is 0 Å². The molecule has 6 heteroatoms. The summed E-state index contributed by atoms with van der Waals surface area (Å²) in [6.07, 6.45) is 2.31. The smallest absolute Gasteiger partial charge is 0.303 e. The molecule has 0 fully saturated rings. The summed E-state index contributed by atoms with van der Waals surface area (Å²) in [6, 6.07) is 0. The maximum Gasteiger partial charge on any atom is 0.303 e. The van der Waals surface area contributed by atoms with Gasteiger partial charge in [0, 0.05) is 0 Å². The molecule has 1 atom stereocenters. The molecule has 5 nitrogen and oxygen atoms in total. The maximum atomic E-state index is 11.3. The zero-order valence-electron chi connectivity index (χ0n) is 9.81. The second kappa shape index (κ2) is 7.62. The minimum Gasteiger partial charge on any atom is -0.481 e. The van der Waals surface area contributed by atoms with E-state index in [-0.39, 0.29) is 24.7 Å². The predicted molar refractivity (Wildman–Crippen MR) is 60.7 cm³/mol. The normalized spacial score (nSPS) is 13.6. The van der Waals surface area contributed by atoms with Crippen molar-refractivity contribution in [1.82, 2.24) is 0 Å². The minimum absolute atomic E-state index is 0.0145. The summed E-state index contributed by atoms with van der Waals surface area (Å²) < 4.78 is 27.4. The molecular weight excluding hydrogens is 232 g/mol. The lowest BCUT2D eigenvalue weighted by Crippen LogP contribution is -2.17. The molecule has 0 spiro atoms. The van der Waals surface area contributed by atoms with Gasteiger partial charge in [-0.1, -0.05) is 26.7 Å². The molecule has 0 aromatic carbocycles. The van der Waals surface area contributed by atoms with Crippen molar-refractivity contribution >= 4 is 16.1 Å². The molecule has 0 aromatic rings. The minimum atomic E-state index is -3.48. The molecule has 0 aliphatic carbocycles. The lowest BCUT2D eigenvalue weighted by molar-refractivity contribution is -0.138. The van der Waals surface area contributed by atoms with Crippen molar-refractivity contribution in [2.24, 2.45) is 5.92 Å². The van der Waals surface area contributed by atoms with Gasteiger partial charge in [0.2, 0.25) is 0 Å². The van der Waals surface area contributed by atoms with Crippen LogP contribution in [0.5, 0.6) is 0 Å². The van der Waals surface area contributed by atoms with Gasteiger partial charge in [-0.3, -0.25) is 8.98 Å². The fraction of sp³-hybridized carbons (Fsp3) is 0.900. The molecule has 96 valence electrons. The highest BCUT2D eigenvalue weighted by atomic mass is 32.2. The highest BCUT2D eigenvalue weighted by Gasteiger charge is 2.14. The molecule has 0 aliphatic rings. The van der Waals surface area contributed by atoms with Crippen LogP contribution in [-0.2, 0) is 19.1 Å². The van der Waals surface area contributed by atoms with E-state index in [0.717, 1.165) is 12.8 Å². The van der Waals surface area contributed by atoms with Crippen LogP contribution in [0.15, 0.2) is 0 Å². The zero-order valence-corrected chi connectivity index (χ0v) is 10.6. The lowest BCUT2D eigenvalue weighted by atomic mass is 10.1. The number of carbonyl (C=O) groups is 1. The van der Waals surface area contributed by atoms with E-state index in [2.05, 4.69) is 0 Å². The molecule has 0 radical (unpaired) electrons. The molecule has 0 saturated carbocycles. The van der Waals surface area contributed by atoms with Gasteiger partial charge in [0.15, 0.2) is 0 Å². The van der Waals surface area contributed by atoms with Crippen LogP contribution in [0.3, 0.4) is 0 Å². The molecule has 0 aliphatic heterocycles. The number of carboxylic acid groups (broad SMARTS) is 1. The average molecular weight is 252 g/mol. The molecular formula is C10H20O5S. The Morgan fingerprint density at radius 2 is 2.00 bits per heavy atom. The van der Waals surface area contributed by atoms with Gasteiger partial charge in [-0.25, -0.2) is 0 Å². The number of hydrogen-bond donors (Lipinski definition) is 1. The van der Waals surface area contributed by atoms with Crippen LogP contribution in [0.25, 0.3) is 0 Å². The van der Waals surface area contributed by atoms with E-state index in [9.17, 15) is 13.2 Å². The van der Waals surface area contributed by atoms with E-state index < -0.39 is 16.1 Å². The Morgan fingerprint density at radius 1 is 1.38 bits per heavy atom. The Kier molecular flexibility index (Phi) is 7.33. The largest absolute Gasteiger partial charge is 0.481 e. The van der Waals surface area contributed by atoms with Crippen LogP contribution >= 0.6 is 0 Å². The first-order valence-electron chi connectivity index (χ1n) is 5.46. The van der Waals surface area contributed by atoms with E-state index in [1.165, 1.54) is 0 Å². The summed E-state index contributed by atoms with van der Waals surface area (Å²) in [5.41, 5.74) is 0. The summed E-state index contributed by atoms with van der Waals surface area (Å²) in [4.78, 5) is 10.3. The van der Waals surface area contributed by atoms with Gasteiger partial charge in [0.05, 0.1) is 18.8 Å². The number of aliphatic carboxylic acids is 1. The number of carboxylic acids is 1. The van der Waals surface area contributed by atoms with Crippen molar-refractivity contribution < 1.29 is 22.5 Å². The first-order chi connectivity index (χ1) is 7.37. The maximum absolute atomic E-state index is 11.3. The van der Waals surface area contributed by atoms with Crippen LogP contribution in [-0.4, -0.2) is 31.9 Å². The highest BCUT2D eigenvalue weighted by Crippen LogP contribution is 2.07. The van der Waals surface area contributed by atoms with Gasteiger partial charge in [-0.15, -0.1) is 0 Å². The van der Waals surface area contributed by atoms with Crippen molar-refractivity contribution in [3.05, 3.63) is 0 Å². The molecule has 0 saturated heterocycles. The van der Waals surface area contributed by atoms with Crippen molar-refractivity contribution in [2.45, 2.75) is 39.5 Å². The summed E-state index contributed by atoms with van der Waals surface area (Å²) in [6.45, 7) is 3.58. The average Bonchev–Trinajstić information content (AvgIpc) is 2.14. The Labute approximate surface area is 96.9 Å². The SMILES string of the molecule is CCCCCS(=O)(=O)OC[C@H](C)CC(=O)O. The highest BCUT2D eigenvalue weighted by molar-refractivity contribution is 7.86. The topological polar surface area (TPSA) is 80.7 Å². The van der Waals surface area contributed by atoms with Crippen LogP contribution in [0.4, 0.5) is 0 Å². The molecule has 0 unspecified atom stereocenters. The zero-order chi connectivity index (χ0) is 12.6. The predicted octanol–water partition coefficient (Wildman–Crippen LogP) is 1.63. The van der Waals surface area contributed by atoms with E-state index in [4.69, 9.17) is 9.29 Å².